The number of amides is 1. The molecule has 3 rings (SSSR count). The lowest BCUT2D eigenvalue weighted by Gasteiger charge is -2.11. The zero-order valence-corrected chi connectivity index (χ0v) is 15.3. The number of aromatic nitrogens is 1. The van der Waals surface area contributed by atoms with Gasteiger partial charge in [-0.1, -0.05) is 36.4 Å². The smallest absolute Gasteiger partial charge is 0.251 e. The van der Waals surface area contributed by atoms with Crippen LogP contribution in [0.1, 0.15) is 21.5 Å². The SMILES string of the molecule is CSc1ccc(C(=O)NCc2cccnc2OCc2ccccc2)cc1. The van der Waals surface area contributed by atoms with Crippen molar-refractivity contribution in [3.8, 4) is 5.88 Å². The summed E-state index contributed by atoms with van der Waals surface area (Å²) in [5.41, 5.74) is 2.55. The number of nitrogens with one attached hydrogen (secondary N) is 1. The van der Waals surface area contributed by atoms with Gasteiger partial charge < -0.3 is 10.1 Å². The number of hydrogen-bond acceptors (Lipinski definition) is 4. The van der Waals surface area contributed by atoms with Gasteiger partial charge in [0.05, 0.1) is 0 Å². The monoisotopic (exact) mass is 364 g/mol. The van der Waals surface area contributed by atoms with Gasteiger partial charge in [-0.3, -0.25) is 4.79 Å². The Morgan fingerprint density at radius 3 is 2.54 bits per heavy atom. The van der Waals surface area contributed by atoms with Crippen LogP contribution in [0.15, 0.2) is 77.8 Å². The molecule has 0 spiro atoms. The average Bonchev–Trinajstić information content (AvgIpc) is 2.72. The summed E-state index contributed by atoms with van der Waals surface area (Å²) >= 11 is 1.65. The van der Waals surface area contributed by atoms with E-state index in [1.807, 2.05) is 73.0 Å². The van der Waals surface area contributed by atoms with Gasteiger partial charge in [0, 0.05) is 28.8 Å². The third-order valence-electron chi connectivity index (χ3n) is 3.86. The van der Waals surface area contributed by atoms with Crippen LogP contribution in [0, 0.1) is 0 Å². The second-order valence-electron chi connectivity index (χ2n) is 5.65. The molecule has 0 aliphatic carbocycles. The van der Waals surface area contributed by atoms with Crippen molar-refractivity contribution in [1.82, 2.24) is 10.3 Å². The number of pyridine rings is 1. The van der Waals surface area contributed by atoms with E-state index < -0.39 is 0 Å². The zero-order valence-electron chi connectivity index (χ0n) is 14.5. The molecule has 3 aromatic rings. The molecule has 1 N–H and O–H groups in total. The second-order valence-corrected chi connectivity index (χ2v) is 6.53. The molecule has 1 aromatic heterocycles. The van der Waals surface area contributed by atoms with E-state index in [4.69, 9.17) is 4.74 Å². The van der Waals surface area contributed by atoms with E-state index in [9.17, 15) is 4.79 Å². The van der Waals surface area contributed by atoms with Crippen LogP contribution in [0.5, 0.6) is 5.88 Å². The van der Waals surface area contributed by atoms with E-state index in [0.717, 1.165) is 16.0 Å². The van der Waals surface area contributed by atoms with Crippen molar-refractivity contribution in [2.75, 3.05) is 6.26 Å². The first-order chi connectivity index (χ1) is 12.8. The fraction of sp³-hybridized carbons (Fsp3) is 0.143. The molecule has 0 bridgehead atoms. The predicted molar refractivity (Wildman–Crippen MR) is 104 cm³/mol. The summed E-state index contributed by atoms with van der Waals surface area (Å²) in [7, 11) is 0. The minimum absolute atomic E-state index is 0.115. The summed E-state index contributed by atoms with van der Waals surface area (Å²) in [6, 6.07) is 21.2. The maximum Gasteiger partial charge on any atom is 0.251 e. The first-order valence-electron chi connectivity index (χ1n) is 8.29. The quantitative estimate of drug-likeness (QED) is 0.635. The number of rotatable bonds is 7. The molecule has 5 heteroatoms. The van der Waals surface area contributed by atoms with Gasteiger partial charge in [0.2, 0.25) is 5.88 Å². The summed E-state index contributed by atoms with van der Waals surface area (Å²) in [6.07, 6.45) is 3.70. The Morgan fingerprint density at radius 1 is 1.04 bits per heavy atom. The van der Waals surface area contributed by atoms with Crippen molar-refractivity contribution >= 4 is 17.7 Å². The van der Waals surface area contributed by atoms with Crippen molar-refractivity contribution in [3.05, 3.63) is 89.6 Å². The predicted octanol–water partition coefficient (Wildman–Crippen LogP) is 4.31. The van der Waals surface area contributed by atoms with Gasteiger partial charge in [0.15, 0.2) is 0 Å². The minimum atomic E-state index is -0.115. The molecule has 4 nitrogen and oxygen atoms in total. The summed E-state index contributed by atoms with van der Waals surface area (Å²) in [5, 5.41) is 2.93. The van der Waals surface area contributed by atoms with Crippen LogP contribution in [-0.2, 0) is 13.2 Å². The number of carbonyl (C=O) groups is 1. The van der Waals surface area contributed by atoms with Crippen molar-refractivity contribution < 1.29 is 9.53 Å². The standard InChI is InChI=1S/C21H20N2O2S/c1-26-19-11-9-17(10-12-19)20(24)23-14-18-8-5-13-22-21(18)25-15-16-6-3-2-4-7-16/h2-13H,14-15H2,1H3,(H,23,24). The number of carbonyl (C=O) groups excluding carboxylic acids is 1. The molecule has 0 unspecified atom stereocenters. The number of thioether (sulfide) groups is 1. The lowest BCUT2D eigenvalue weighted by molar-refractivity contribution is 0.0950. The minimum Gasteiger partial charge on any atom is -0.473 e. The van der Waals surface area contributed by atoms with Crippen LogP contribution >= 0.6 is 11.8 Å². The molecular weight excluding hydrogens is 344 g/mol. The fourth-order valence-corrected chi connectivity index (χ4v) is 2.84. The zero-order chi connectivity index (χ0) is 18.2. The van der Waals surface area contributed by atoms with E-state index in [2.05, 4.69) is 10.3 Å². The fourth-order valence-electron chi connectivity index (χ4n) is 2.43. The van der Waals surface area contributed by atoms with Crippen LogP contribution < -0.4 is 10.1 Å². The normalized spacial score (nSPS) is 10.3. The third-order valence-corrected chi connectivity index (χ3v) is 4.60. The van der Waals surface area contributed by atoms with Crippen molar-refractivity contribution in [2.45, 2.75) is 18.0 Å². The highest BCUT2D eigenvalue weighted by atomic mass is 32.2. The highest BCUT2D eigenvalue weighted by molar-refractivity contribution is 7.98. The first kappa shape index (κ1) is 18.0. The van der Waals surface area contributed by atoms with E-state index >= 15 is 0 Å². The van der Waals surface area contributed by atoms with Gasteiger partial charge in [-0.25, -0.2) is 4.98 Å². The van der Waals surface area contributed by atoms with E-state index in [0.29, 0.717) is 24.6 Å². The van der Waals surface area contributed by atoms with Gasteiger partial charge in [0.25, 0.3) is 5.91 Å². The summed E-state index contributed by atoms with van der Waals surface area (Å²) in [5.74, 6) is 0.421. The highest BCUT2D eigenvalue weighted by Crippen LogP contribution is 2.17. The Balaban J connectivity index is 1.61. The Hall–Kier alpha value is -2.79. The molecule has 0 atom stereocenters. The number of benzene rings is 2. The maximum absolute atomic E-state index is 12.3. The molecule has 26 heavy (non-hydrogen) atoms. The van der Waals surface area contributed by atoms with Crippen molar-refractivity contribution in [2.24, 2.45) is 0 Å². The summed E-state index contributed by atoms with van der Waals surface area (Å²) < 4.78 is 5.83. The van der Waals surface area contributed by atoms with Gasteiger partial charge >= 0.3 is 0 Å². The largest absolute Gasteiger partial charge is 0.473 e. The molecule has 0 saturated carbocycles. The van der Waals surface area contributed by atoms with Gasteiger partial charge in [-0.05, 0) is 42.2 Å². The molecule has 0 aliphatic rings. The van der Waals surface area contributed by atoms with E-state index in [1.165, 1.54) is 0 Å². The Kier molecular flexibility index (Phi) is 6.28. The summed E-state index contributed by atoms with van der Waals surface area (Å²) in [6.45, 7) is 0.802. The third kappa shape index (κ3) is 4.86. The van der Waals surface area contributed by atoms with E-state index in [1.54, 1.807) is 18.0 Å². The number of hydrogen-bond donors (Lipinski definition) is 1. The van der Waals surface area contributed by atoms with Crippen LogP contribution in [0.3, 0.4) is 0 Å². The van der Waals surface area contributed by atoms with Crippen LogP contribution in [0.4, 0.5) is 0 Å². The number of nitrogens with zero attached hydrogens (tertiary/aromatic N) is 1. The number of ether oxygens (including phenoxy) is 1. The lowest BCUT2D eigenvalue weighted by Crippen LogP contribution is -2.23. The highest BCUT2D eigenvalue weighted by Gasteiger charge is 2.09. The van der Waals surface area contributed by atoms with Crippen LogP contribution in [-0.4, -0.2) is 17.1 Å². The Labute approximate surface area is 157 Å². The Bertz CT molecular complexity index is 851. The topological polar surface area (TPSA) is 51.2 Å². The first-order valence-corrected chi connectivity index (χ1v) is 9.51. The van der Waals surface area contributed by atoms with Crippen molar-refractivity contribution in [1.29, 1.82) is 0 Å². The van der Waals surface area contributed by atoms with Crippen LogP contribution in [0.2, 0.25) is 0 Å². The second kappa shape index (κ2) is 9.06. The molecule has 0 radical (unpaired) electrons. The lowest BCUT2D eigenvalue weighted by atomic mass is 10.2. The van der Waals surface area contributed by atoms with Crippen LogP contribution in [0.25, 0.3) is 0 Å². The van der Waals surface area contributed by atoms with Gasteiger partial charge in [-0.2, -0.15) is 0 Å². The van der Waals surface area contributed by atoms with Gasteiger partial charge in [-0.15, -0.1) is 11.8 Å². The molecule has 2 aromatic carbocycles. The van der Waals surface area contributed by atoms with E-state index in [-0.39, 0.29) is 5.91 Å². The van der Waals surface area contributed by atoms with Crippen molar-refractivity contribution in [3.63, 3.8) is 0 Å². The van der Waals surface area contributed by atoms with Gasteiger partial charge in [0.1, 0.15) is 6.61 Å². The maximum atomic E-state index is 12.3. The molecule has 0 saturated heterocycles. The average molecular weight is 364 g/mol. The molecule has 0 aliphatic heterocycles. The molecule has 1 heterocycles. The summed E-state index contributed by atoms with van der Waals surface area (Å²) in [4.78, 5) is 17.7. The molecule has 0 fully saturated rings. The Morgan fingerprint density at radius 2 is 1.81 bits per heavy atom. The molecule has 1 amide bonds. The molecule has 132 valence electrons. The molecular formula is C21H20N2O2S.